The molecule has 6 nitrogen and oxygen atoms in total. The topological polar surface area (TPSA) is 81.7 Å². The van der Waals surface area contributed by atoms with E-state index in [1.807, 2.05) is 0 Å². The maximum absolute atomic E-state index is 12.6. The van der Waals surface area contributed by atoms with Crippen molar-refractivity contribution in [1.29, 1.82) is 0 Å². The van der Waals surface area contributed by atoms with E-state index in [9.17, 15) is 13.2 Å². The second kappa shape index (κ2) is 8.59. The Balaban J connectivity index is 1.61. The molecule has 150 valence electrons. The summed E-state index contributed by atoms with van der Waals surface area (Å²) in [5.41, 5.74) is 0.703. The fourth-order valence-electron chi connectivity index (χ4n) is 2.81. The van der Waals surface area contributed by atoms with Crippen LogP contribution in [0.15, 0.2) is 41.3 Å². The Morgan fingerprint density at radius 1 is 1.11 bits per heavy atom. The predicted octanol–water partition coefficient (Wildman–Crippen LogP) is 3.81. The Morgan fingerprint density at radius 3 is 2.54 bits per heavy atom. The number of carbonyl (C=O) groups excluding carboxylic acids is 1. The third kappa shape index (κ3) is 4.90. The van der Waals surface area contributed by atoms with Crippen molar-refractivity contribution in [3.05, 3.63) is 52.0 Å². The largest absolute Gasteiger partial charge is 0.486 e. The van der Waals surface area contributed by atoms with Gasteiger partial charge in [-0.25, -0.2) is 8.42 Å². The molecular weight excluding hydrogens is 425 g/mol. The fourth-order valence-corrected chi connectivity index (χ4v) is 4.63. The minimum atomic E-state index is -3.64. The first-order valence-corrected chi connectivity index (χ1v) is 11.0. The number of sulfone groups is 1. The van der Waals surface area contributed by atoms with Gasteiger partial charge in [-0.1, -0.05) is 29.3 Å². The van der Waals surface area contributed by atoms with Crippen molar-refractivity contribution in [2.75, 3.05) is 19.0 Å². The zero-order valence-electron chi connectivity index (χ0n) is 15.1. The van der Waals surface area contributed by atoms with E-state index in [0.29, 0.717) is 40.3 Å². The average Bonchev–Trinajstić information content (AvgIpc) is 2.66. The lowest BCUT2D eigenvalue weighted by Gasteiger charge is -2.19. The molecule has 0 radical (unpaired) electrons. The second-order valence-corrected chi connectivity index (χ2v) is 9.28. The van der Waals surface area contributed by atoms with Crippen LogP contribution in [0, 0.1) is 0 Å². The Labute approximate surface area is 173 Å². The zero-order chi connectivity index (χ0) is 20.3. The lowest BCUT2D eigenvalue weighted by Crippen LogP contribution is -2.28. The maximum atomic E-state index is 12.6. The van der Waals surface area contributed by atoms with Gasteiger partial charge in [0.05, 0.1) is 16.7 Å². The minimum Gasteiger partial charge on any atom is -0.486 e. The summed E-state index contributed by atoms with van der Waals surface area (Å²) in [5, 5.41) is 3.69. The van der Waals surface area contributed by atoms with Crippen molar-refractivity contribution in [3.8, 4) is 11.5 Å². The summed E-state index contributed by atoms with van der Waals surface area (Å²) in [6.07, 6.45) is -0.174. The van der Waals surface area contributed by atoms with Crippen molar-refractivity contribution < 1.29 is 22.7 Å². The fraction of sp³-hybridized carbons (Fsp3) is 0.316. The second-order valence-electron chi connectivity index (χ2n) is 6.33. The molecule has 0 spiro atoms. The van der Waals surface area contributed by atoms with Crippen LogP contribution in [0.5, 0.6) is 11.5 Å². The highest BCUT2D eigenvalue weighted by Gasteiger charge is 2.21. The summed E-state index contributed by atoms with van der Waals surface area (Å²) in [6, 6.07) is 9.06. The van der Waals surface area contributed by atoms with Gasteiger partial charge in [-0.15, -0.1) is 0 Å². The first-order valence-electron chi connectivity index (χ1n) is 8.63. The van der Waals surface area contributed by atoms with Crippen LogP contribution in [-0.4, -0.2) is 33.3 Å². The van der Waals surface area contributed by atoms with Gasteiger partial charge in [0.25, 0.3) is 0 Å². The number of nitrogens with one attached hydrogen (secondary N) is 1. The normalized spacial score (nSPS) is 14.4. The van der Waals surface area contributed by atoms with Gasteiger partial charge in [-0.2, -0.15) is 0 Å². The minimum absolute atomic E-state index is 0.0957. The van der Waals surface area contributed by atoms with Crippen LogP contribution in [0.1, 0.15) is 24.9 Å². The highest BCUT2D eigenvalue weighted by atomic mass is 35.5. The van der Waals surface area contributed by atoms with E-state index in [1.165, 1.54) is 12.1 Å². The number of halogens is 2. The highest BCUT2D eigenvalue weighted by Crippen LogP contribution is 2.32. The molecule has 0 unspecified atom stereocenters. The van der Waals surface area contributed by atoms with Gasteiger partial charge in [0.1, 0.15) is 13.2 Å². The van der Waals surface area contributed by atoms with Crippen molar-refractivity contribution in [1.82, 2.24) is 5.32 Å². The van der Waals surface area contributed by atoms with Crippen LogP contribution in [-0.2, 0) is 14.6 Å². The van der Waals surface area contributed by atoms with Crippen molar-refractivity contribution in [2.24, 2.45) is 0 Å². The number of amides is 1. The smallest absolute Gasteiger partial charge is 0.221 e. The number of fused-ring (bicyclic) bond motifs is 1. The van der Waals surface area contributed by atoms with Crippen LogP contribution in [0.3, 0.4) is 0 Å². The molecule has 0 saturated carbocycles. The summed E-state index contributed by atoms with van der Waals surface area (Å²) < 4.78 is 35.9. The Hall–Kier alpha value is -1.96. The number of hydrogen-bond donors (Lipinski definition) is 1. The van der Waals surface area contributed by atoms with Gasteiger partial charge in [0.15, 0.2) is 21.3 Å². The van der Waals surface area contributed by atoms with Gasteiger partial charge >= 0.3 is 0 Å². The first kappa shape index (κ1) is 20.8. The summed E-state index contributed by atoms with van der Waals surface area (Å²) in [5.74, 6) is 0.193. The molecule has 9 heteroatoms. The van der Waals surface area contributed by atoms with E-state index in [0.717, 1.165) is 0 Å². The molecule has 0 aromatic heterocycles. The standard InChI is InChI=1S/C19H19Cl2NO5S/c1-12(15-4-2-13(20)10-16(15)21)22-19(23)6-9-28(24,25)14-3-5-17-18(11-14)27-8-7-26-17/h2-5,10-12H,6-9H2,1H3,(H,22,23)/t12-/m1/s1. The quantitative estimate of drug-likeness (QED) is 0.733. The van der Waals surface area contributed by atoms with Crippen molar-refractivity contribution in [2.45, 2.75) is 24.3 Å². The number of carbonyl (C=O) groups is 1. The van der Waals surface area contributed by atoms with E-state index >= 15 is 0 Å². The number of benzene rings is 2. The molecular formula is C19H19Cl2NO5S. The van der Waals surface area contributed by atoms with Gasteiger partial charge in [0, 0.05) is 22.5 Å². The van der Waals surface area contributed by atoms with E-state index in [-0.39, 0.29) is 29.0 Å². The lowest BCUT2D eigenvalue weighted by molar-refractivity contribution is -0.121. The molecule has 2 aromatic carbocycles. The molecule has 28 heavy (non-hydrogen) atoms. The Bertz CT molecular complexity index is 994. The Morgan fingerprint density at radius 2 is 1.82 bits per heavy atom. The molecule has 0 saturated heterocycles. The summed E-state index contributed by atoms with van der Waals surface area (Å²) in [7, 11) is -3.64. The predicted molar refractivity (Wildman–Crippen MR) is 107 cm³/mol. The van der Waals surface area contributed by atoms with E-state index in [1.54, 1.807) is 31.2 Å². The molecule has 1 atom stereocenters. The number of ether oxygens (including phenoxy) is 2. The summed E-state index contributed by atoms with van der Waals surface area (Å²) in [6.45, 7) is 2.56. The molecule has 1 aliphatic heterocycles. The summed E-state index contributed by atoms with van der Waals surface area (Å²) >= 11 is 12.0. The first-order chi connectivity index (χ1) is 13.3. The Kier molecular flexibility index (Phi) is 6.37. The van der Waals surface area contributed by atoms with Gasteiger partial charge in [-0.3, -0.25) is 4.79 Å². The van der Waals surface area contributed by atoms with Crippen LogP contribution < -0.4 is 14.8 Å². The monoisotopic (exact) mass is 443 g/mol. The molecule has 1 heterocycles. The molecule has 1 amide bonds. The van der Waals surface area contributed by atoms with Gasteiger partial charge in [-0.05, 0) is 36.8 Å². The van der Waals surface area contributed by atoms with Crippen molar-refractivity contribution in [3.63, 3.8) is 0 Å². The molecule has 1 N–H and O–H groups in total. The number of rotatable bonds is 6. The molecule has 2 aromatic rings. The van der Waals surface area contributed by atoms with Gasteiger partial charge < -0.3 is 14.8 Å². The lowest BCUT2D eigenvalue weighted by atomic mass is 10.1. The molecule has 3 rings (SSSR count). The molecule has 0 aliphatic carbocycles. The van der Waals surface area contributed by atoms with Crippen LogP contribution in [0.25, 0.3) is 0 Å². The van der Waals surface area contributed by atoms with Crippen LogP contribution >= 0.6 is 23.2 Å². The van der Waals surface area contributed by atoms with E-state index in [4.69, 9.17) is 32.7 Å². The average molecular weight is 444 g/mol. The van der Waals surface area contributed by atoms with Crippen LogP contribution in [0.2, 0.25) is 10.0 Å². The third-order valence-electron chi connectivity index (χ3n) is 4.28. The van der Waals surface area contributed by atoms with E-state index < -0.39 is 9.84 Å². The molecule has 0 fully saturated rings. The van der Waals surface area contributed by atoms with Crippen LogP contribution in [0.4, 0.5) is 0 Å². The highest BCUT2D eigenvalue weighted by molar-refractivity contribution is 7.91. The third-order valence-corrected chi connectivity index (χ3v) is 6.55. The SMILES string of the molecule is C[C@@H](NC(=O)CCS(=O)(=O)c1ccc2c(c1)OCCO2)c1ccc(Cl)cc1Cl. The molecule has 1 aliphatic rings. The van der Waals surface area contributed by atoms with Gasteiger partial charge in [0.2, 0.25) is 5.91 Å². The molecule has 0 bridgehead atoms. The van der Waals surface area contributed by atoms with E-state index in [2.05, 4.69) is 5.32 Å². The van der Waals surface area contributed by atoms with Crippen molar-refractivity contribution >= 4 is 38.9 Å². The maximum Gasteiger partial charge on any atom is 0.221 e. The zero-order valence-corrected chi connectivity index (χ0v) is 17.4. The number of hydrogen-bond acceptors (Lipinski definition) is 5. The summed E-state index contributed by atoms with van der Waals surface area (Å²) in [4.78, 5) is 12.3.